The fourth-order valence-electron chi connectivity index (χ4n) is 5.79. The van der Waals surface area contributed by atoms with Crippen LogP contribution in [-0.4, -0.2) is 83.8 Å². The number of imidazole rings is 1. The molecule has 4 heterocycles. The minimum atomic E-state index is -0.922. The van der Waals surface area contributed by atoms with Crippen molar-refractivity contribution in [2.75, 3.05) is 52.1 Å². The van der Waals surface area contributed by atoms with E-state index in [1.807, 2.05) is 19.2 Å². The van der Waals surface area contributed by atoms with Crippen LogP contribution in [0.2, 0.25) is 0 Å². The standard InChI is InChI=1S/C25H37FN6S/c1-18-22(26)3-4-23-24(18)29-25(33-2)32(23)21-8-13-31(14-9-21)16-19-6-11-30(12-7-19)17-20-5-10-27-28-15-20/h3-5,10,18-19,21-22,28H,6-9,11-17H2,1-2H3. The molecule has 33 heavy (non-hydrogen) atoms. The van der Waals surface area contributed by atoms with Gasteiger partial charge in [0, 0.05) is 44.4 Å². The van der Waals surface area contributed by atoms with E-state index in [2.05, 4.69) is 37.2 Å². The van der Waals surface area contributed by atoms with Crippen molar-refractivity contribution in [1.82, 2.24) is 24.8 Å². The minimum absolute atomic E-state index is 0.151. The van der Waals surface area contributed by atoms with Crippen molar-refractivity contribution in [3.8, 4) is 0 Å². The molecule has 2 saturated heterocycles. The summed E-state index contributed by atoms with van der Waals surface area (Å²) >= 11 is 1.69. The summed E-state index contributed by atoms with van der Waals surface area (Å²) in [4.78, 5) is 10.1. The lowest BCUT2D eigenvalue weighted by molar-refractivity contribution is 0.121. The van der Waals surface area contributed by atoms with Crippen LogP contribution in [0.4, 0.5) is 4.39 Å². The Hall–Kier alpha value is -1.64. The molecule has 0 aromatic carbocycles. The zero-order chi connectivity index (χ0) is 22.8. The molecule has 1 aromatic rings. The van der Waals surface area contributed by atoms with Crippen LogP contribution in [-0.2, 0) is 0 Å². The number of likely N-dealkylation sites (tertiary alicyclic amines) is 2. The van der Waals surface area contributed by atoms with E-state index in [4.69, 9.17) is 4.98 Å². The molecule has 2 atom stereocenters. The Morgan fingerprint density at radius 2 is 1.88 bits per heavy atom. The molecule has 1 aromatic heterocycles. The van der Waals surface area contributed by atoms with Crippen LogP contribution in [0.15, 0.2) is 28.0 Å². The number of alkyl halides is 1. The molecule has 0 radical (unpaired) electrons. The first-order chi connectivity index (χ1) is 16.1. The number of halogens is 1. The highest BCUT2D eigenvalue weighted by Gasteiger charge is 2.32. The van der Waals surface area contributed by atoms with Gasteiger partial charge in [-0.1, -0.05) is 18.7 Å². The number of thioether (sulfide) groups is 1. The van der Waals surface area contributed by atoms with Gasteiger partial charge < -0.3 is 14.9 Å². The summed E-state index contributed by atoms with van der Waals surface area (Å²) in [5.41, 5.74) is 6.58. The smallest absolute Gasteiger partial charge is 0.168 e. The van der Waals surface area contributed by atoms with E-state index in [9.17, 15) is 4.39 Å². The minimum Gasteiger partial charge on any atom is -0.316 e. The largest absolute Gasteiger partial charge is 0.316 e. The van der Waals surface area contributed by atoms with Gasteiger partial charge in [0.2, 0.25) is 0 Å². The van der Waals surface area contributed by atoms with E-state index in [0.717, 1.165) is 61.5 Å². The molecular formula is C25H37FN6S. The van der Waals surface area contributed by atoms with Crippen molar-refractivity contribution >= 4 is 24.1 Å². The second-order valence-electron chi connectivity index (χ2n) is 10.0. The number of nitrogens with zero attached hydrogens (tertiary/aromatic N) is 5. The Balaban J connectivity index is 1.12. The number of allylic oxidation sites excluding steroid dienone is 2. The van der Waals surface area contributed by atoms with Gasteiger partial charge in [-0.2, -0.15) is 5.10 Å². The first-order valence-corrected chi connectivity index (χ1v) is 13.7. The van der Waals surface area contributed by atoms with Gasteiger partial charge in [0.15, 0.2) is 5.16 Å². The second-order valence-corrected chi connectivity index (χ2v) is 10.8. The molecule has 0 saturated carbocycles. The number of nitrogens with one attached hydrogen (secondary N) is 1. The highest BCUT2D eigenvalue weighted by atomic mass is 32.2. The van der Waals surface area contributed by atoms with Crippen LogP contribution in [0, 0.1) is 5.92 Å². The Bertz CT molecular complexity index is 908. The maximum atomic E-state index is 14.2. The summed E-state index contributed by atoms with van der Waals surface area (Å²) in [6.07, 6.45) is 13.8. The predicted octanol–water partition coefficient (Wildman–Crippen LogP) is 3.94. The first kappa shape index (κ1) is 23.1. The average molecular weight is 473 g/mol. The zero-order valence-electron chi connectivity index (χ0n) is 19.9. The molecule has 1 aliphatic carbocycles. The molecule has 4 aliphatic rings. The SMILES string of the molecule is CSc1nc2c(n1C1CCN(CC3CCN(CC4=CC=NNC4)CC3)CC1)C=CC(F)C2C. The summed E-state index contributed by atoms with van der Waals surface area (Å²) in [6, 6.07) is 0.468. The van der Waals surface area contributed by atoms with E-state index < -0.39 is 6.17 Å². The van der Waals surface area contributed by atoms with E-state index in [-0.39, 0.29) is 5.92 Å². The highest BCUT2D eigenvalue weighted by molar-refractivity contribution is 7.98. The fourth-order valence-corrected chi connectivity index (χ4v) is 6.42. The Labute approximate surface area is 201 Å². The molecule has 6 nitrogen and oxygen atoms in total. The summed E-state index contributed by atoms with van der Waals surface area (Å²) in [6.45, 7) is 9.84. The topological polar surface area (TPSA) is 48.7 Å². The van der Waals surface area contributed by atoms with Crippen molar-refractivity contribution in [2.24, 2.45) is 11.0 Å². The van der Waals surface area contributed by atoms with Crippen molar-refractivity contribution in [3.05, 3.63) is 29.1 Å². The molecule has 0 amide bonds. The molecule has 180 valence electrons. The summed E-state index contributed by atoms with van der Waals surface area (Å²) < 4.78 is 16.6. The number of aromatic nitrogens is 2. The Morgan fingerprint density at radius 1 is 1.12 bits per heavy atom. The third kappa shape index (κ3) is 5.08. The number of fused-ring (bicyclic) bond motifs is 1. The quantitative estimate of drug-likeness (QED) is 0.636. The fraction of sp³-hybridized carbons (Fsp3) is 0.680. The average Bonchev–Trinajstić information content (AvgIpc) is 3.23. The normalized spacial score (nSPS) is 27.4. The molecule has 3 aliphatic heterocycles. The van der Waals surface area contributed by atoms with E-state index in [0.29, 0.717) is 6.04 Å². The number of piperidine rings is 2. The maximum absolute atomic E-state index is 14.2. The van der Waals surface area contributed by atoms with Crippen molar-refractivity contribution < 1.29 is 4.39 Å². The van der Waals surface area contributed by atoms with Crippen LogP contribution in [0.3, 0.4) is 0 Å². The van der Waals surface area contributed by atoms with Gasteiger partial charge in [-0.3, -0.25) is 4.90 Å². The lowest BCUT2D eigenvalue weighted by atomic mass is 9.93. The van der Waals surface area contributed by atoms with Crippen LogP contribution >= 0.6 is 11.8 Å². The second kappa shape index (κ2) is 10.3. The number of hydrazone groups is 1. The van der Waals surface area contributed by atoms with E-state index >= 15 is 0 Å². The van der Waals surface area contributed by atoms with Crippen LogP contribution in [0.25, 0.3) is 6.08 Å². The highest BCUT2D eigenvalue weighted by Crippen LogP contribution is 2.38. The third-order valence-corrected chi connectivity index (χ3v) is 8.48. The van der Waals surface area contributed by atoms with E-state index in [1.165, 1.54) is 38.0 Å². The molecule has 8 heteroatoms. The van der Waals surface area contributed by atoms with Crippen LogP contribution in [0.5, 0.6) is 0 Å². The van der Waals surface area contributed by atoms with Crippen molar-refractivity contribution in [3.63, 3.8) is 0 Å². The predicted molar refractivity (Wildman–Crippen MR) is 135 cm³/mol. The third-order valence-electron chi connectivity index (χ3n) is 7.83. The molecule has 0 bridgehead atoms. The molecule has 2 unspecified atom stereocenters. The van der Waals surface area contributed by atoms with E-state index in [1.54, 1.807) is 17.8 Å². The lowest BCUT2D eigenvalue weighted by Crippen LogP contribution is -2.42. The molecule has 5 rings (SSSR count). The summed E-state index contributed by atoms with van der Waals surface area (Å²) in [5.74, 6) is 0.660. The monoisotopic (exact) mass is 472 g/mol. The van der Waals surface area contributed by atoms with Gasteiger partial charge in [-0.05, 0) is 74.7 Å². The molecular weight excluding hydrogens is 435 g/mol. The Kier molecular flexibility index (Phi) is 7.23. The number of hydrogen-bond acceptors (Lipinski definition) is 6. The maximum Gasteiger partial charge on any atom is 0.168 e. The van der Waals surface area contributed by atoms with Gasteiger partial charge in [0.05, 0.1) is 17.9 Å². The van der Waals surface area contributed by atoms with Gasteiger partial charge in [-0.15, -0.1) is 0 Å². The van der Waals surface area contributed by atoms with Gasteiger partial charge in [0.25, 0.3) is 0 Å². The Morgan fingerprint density at radius 3 is 2.58 bits per heavy atom. The first-order valence-electron chi connectivity index (χ1n) is 12.5. The van der Waals surface area contributed by atoms with Crippen LogP contribution < -0.4 is 5.43 Å². The van der Waals surface area contributed by atoms with Crippen molar-refractivity contribution in [2.45, 2.75) is 55.9 Å². The molecule has 2 fully saturated rings. The summed E-state index contributed by atoms with van der Waals surface area (Å²) in [7, 11) is 0. The molecule has 1 N–H and O–H groups in total. The van der Waals surface area contributed by atoms with Crippen molar-refractivity contribution in [1.29, 1.82) is 0 Å². The summed E-state index contributed by atoms with van der Waals surface area (Å²) in [5, 5.41) is 5.10. The van der Waals surface area contributed by atoms with Gasteiger partial charge in [-0.25, -0.2) is 9.37 Å². The molecule has 0 spiro atoms. The zero-order valence-corrected chi connectivity index (χ0v) is 20.7. The van der Waals surface area contributed by atoms with Gasteiger partial charge >= 0.3 is 0 Å². The number of rotatable bonds is 6. The number of hydrogen-bond donors (Lipinski definition) is 1. The van der Waals surface area contributed by atoms with Crippen LogP contribution in [0.1, 0.15) is 56.0 Å². The lowest BCUT2D eigenvalue weighted by Gasteiger charge is -2.38. The van der Waals surface area contributed by atoms with Gasteiger partial charge in [0.1, 0.15) is 6.17 Å².